The van der Waals surface area contributed by atoms with Crippen LogP contribution < -0.4 is 5.73 Å². The van der Waals surface area contributed by atoms with Crippen molar-refractivity contribution in [1.29, 1.82) is 0 Å². The van der Waals surface area contributed by atoms with Crippen molar-refractivity contribution in [2.75, 3.05) is 39.3 Å². The smallest absolute Gasteiger partial charge is 0.0789 e. The van der Waals surface area contributed by atoms with Crippen molar-refractivity contribution in [3.05, 3.63) is 0 Å². The molecule has 1 aliphatic rings. The molecule has 0 saturated carbocycles. The second-order valence-corrected chi connectivity index (χ2v) is 4.13. The summed E-state index contributed by atoms with van der Waals surface area (Å²) < 4.78 is 0. The molecular formula is C10H23N3O. The maximum Gasteiger partial charge on any atom is 0.0789 e. The molecule has 0 amide bonds. The van der Waals surface area contributed by atoms with Crippen molar-refractivity contribution in [3.8, 4) is 0 Å². The third kappa shape index (κ3) is 3.20. The Hall–Kier alpha value is -0.160. The highest BCUT2D eigenvalue weighted by atomic mass is 16.3. The lowest BCUT2D eigenvalue weighted by Gasteiger charge is -2.39. The summed E-state index contributed by atoms with van der Waals surface area (Å²) in [7, 11) is 0. The summed E-state index contributed by atoms with van der Waals surface area (Å²) in [6.07, 6.45) is -0.365. The first kappa shape index (κ1) is 11.9. The molecule has 1 fully saturated rings. The number of aliphatic hydroxyl groups excluding tert-OH is 1. The Morgan fingerprint density at radius 3 is 2.71 bits per heavy atom. The van der Waals surface area contributed by atoms with Crippen molar-refractivity contribution >= 4 is 0 Å². The van der Waals surface area contributed by atoms with Crippen LogP contribution >= 0.6 is 0 Å². The van der Waals surface area contributed by atoms with Crippen LogP contribution in [0.25, 0.3) is 0 Å². The summed E-state index contributed by atoms with van der Waals surface area (Å²) in [5.41, 5.74) is 5.39. The van der Waals surface area contributed by atoms with Gasteiger partial charge in [0.1, 0.15) is 0 Å². The molecule has 1 aliphatic heterocycles. The van der Waals surface area contributed by atoms with Gasteiger partial charge < -0.3 is 10.8 Å². The number of hydrogen-bond donors (Lipinski definition) is 2. The Labute approximate surface area is 86.7 Å². The first-order chi connectivity index (χ1) is 6.67. The van der Waals surface area contributed by atoms with Crippen LogP contribution in [0.3, 0.4) is 0 Å². The molecule has 0 radical (unpaired) electrons. The van der Waals surface area contributed by atoms with E-state index in [9.17, 15) is 5.11 Å². The van der Waals surface area contributed by atoms with Crippen molar-refractivity contribution < 1.29 is 5.11 Å². The van der Waals surface area contributed by atoms with Crippen LogP contribution in [0.4, 0.5) is 0 Å². The van der Waals surface area contributed by atoms with E-state index in [1.54, 1.807) is 0 Å². The SMILES string of the molecule is CCN1CCN(CC(O)CN)CC1C. The summed E-state index contributed by atoms with van der Waals surface area (Å²) in [6, 6.07) is 0.596. The van der Waals surface area contributed by atoms with E-state index in [1.807, 2.05) is 0 Å². The number of rotatable bonds is 4. The quantitative estimate of drug-likeness (QED) is 0.633. The van der Waals surface area contributed by atoms with Crippen LogP contribution in [0.15, 0.2) is 0 Å². The highest BCUT2D eigenvalue weighted by Gasteiger charge is 2.23. The van der Waals surface area contributed by atoms with Crippen LogP contribution in [-0.2, 0) is 0 Å². The van der Waals surface area contributed by atoms with Crippen LogP contribution in [-0.4, -0.2) is 66.3 Å². The van der Waals surface area contributed by atoms with E-state index in [0.717, 1.165) is 32.7 Å². The Morgan fingerprint density at radius 2 is 2.21 bits per heavy atom. The zero-order chi connectivity index (χ0) is 10.6. The second-order valence-electron chi connectivity index (χ2n) is 4.13. The highest BCUT2D eigenvalue weighted by Crippen LogP contribution is 2.08. The third-order valence-electron chi connectivity index (χ3n) is 3.00. The maximum atomic E-state index is 9.44. The number of nitrogens with two attached hydrogens (primary N) is 1. The van der Waals surface area contributed by atoms with Gasteiger partial charge in [-0.25, -0.2) is 0 Å². The molecule has 2 unspecified atom stereocenters. The van der Waals surface area contributed by atoms with Gasteiger partial charge in [0.05, 0.1) is 6.10 Å². The Bertz CT molecular complexity index is 165. The topological polar surface area (TPSA) is 52.7 Å². The minimum absolute atomic E-state index is 0.363. The number of β-amino-alcohol motifs (C(OH)–C–C–N with tert-alkyl or cyclic N) is 1. The van der Waals surface area contributed by atoms with Gasteiger partial charge in [-0.2, -0.15) is 0 Å². The molecule has 0 aliphatic carbocycles. The van der Waals surface area contributed by atoms with Crippen LogP contribution in [0, 0.1) is 0 Å². The molecule has 1 rings (SSSR count). The van der Waals surface area contributed by atoms with E-state index in [4.69, 9.17) is 5.73 Å². The second kappa shape index (κ2) is 5.66. The molecule has 2 atom stereocenters. The lowest BCUT2D eigenvalue weighted by molar-refractivity contribution is 0.0509. The molecule has 1 heterocycles. The molecule has 0 bridgehead atoms. The molecule has 4 nitrogen and oxygen atoms in total. The van der Waals surface area contributed by atoms with E-state index in [1.165, 1.54) is 0 Å². The molecule has 3 N–H and O–H groups in total. The molecule has 1 saturated heterocycles. The molecule has 4 heteroatoms. The predicted octanol–water partition coefficient (Wildman–Crippen LogP) is -0.668. The van der Waals surface area contributed by atoms with E-state index >= 15 is 0 Å². The highest BCUT2D eigenvalue weighted by molar-refractivity contribution is 4.79. The third-order valence-corrected chi connectivity index (χ3v) is 3.00. The van der Waals surface area contributed by atoms with Gasteiger partial charge in [-0.1, -0.05) is 6.92 Å². The lowest BCUT2D eigenvalue weighted by Crippen LogP contribution is -2.53. The summed E-state index contributed by atoms with van der Waals surface area (Å²) >= 11 is 0. The van der Waals surface area contributed by atoms with Crippen LogP contribution in [0.5, 0.6) is 0 Å². The molecule has 14 heavy (non-hydrogen) atoms. The minimum atomic E-state index is -0.365. The van der Waals surface area contributed by atoms with Crippen molar-refractivity contribution in [3.63, 3.8) is 0 Å². The van der Waals surface area contributed by atoms with E-state index < -0.39 is 0 Å². The first-order valence-electron chi connectivity index (χ1n) is 5.51. The van der Waals surface area contributed by atoms with E-state index in [-0.39, 0.29) is 6.10 Å². The number of piperazine rings is 1. The van der Waals surface area contributed by atoms with Gasteiger partial charge in [-0.3, -0.25) is 9.80 Å². The van der Waals surface area contributed by atoms with Gasteiger partial charge in [0.25, 0.3) is 0 Å². The monoisotopic (exact) mass is 201 g/mol. The fraction of sp³-hybridized carbons (Fsp3) is 1.00. The Kier molecular flexibility index (Phi) is 4.81. The van der Waals surface area contributed by atoms with Gasteiger partial charge in [0.15, 0.2) is 0 Å². The molecule has 0 aromatic carbocycles. The zero-order valence-corrected chi connectivity index (χ0v) is 9.32. The molecule has 0 aromatic heterocycles. The van der Waals surface area contributed by atoms with E-state index in [0.29, 0.717) is 12.6 Å². The van der Waals surface area contributed by atoms with Gasteiger partial charge in [0, 0.05) is 38.8 Å². The fourth-order valence-electron chi connectivity index (χ4n) is 2.08. The van der Waals surface area contributed by atoms with Gasteiger partial charge in [-0.15, -0.1) is 0 Å². The number of aliphatic hydroxyl groups is 1. The van der Waals surface area contributed by atoms with Gasteiger partial charge >= 0.3 is 0 Å². The van der Waals surface area contributed by atoms with Gasteiger partial charge in [0.2, 0.25) is 0 Å². The Morgan fingerprint density at radius 1 is 1.50 bits per heavy atom. The van der Waals surface area contributed by atoms with Crippen LogP contribution in [0.2, 0.25) is 0 Å². The maximum absolute atomic E-state index is 9.44. The normalized spacial score (nSPS) is 27.9. The zero-order valence-electron chi connectivity index (χ0n) is 9.32. The van der Waals surface area contributed by atoms with Crippen molar-refractivity contribution in [2.45, 2.75) is 26.0 Å². The lowest BCUT2D eigenvalue weighted by atomic mass is 10.2. The van der Waals surface area contributed by atoms with E-state index in [2.05, 4.69) is 23.6 Å². The molecule has 84 valence electrons. The van der Waals surface area contributed by atoms with Crippen molar-refractivity contribution in [2.24, 2.45) is 5.73 Å². The largest absolute Gasteiger partial charge is 0.390 e. The standard InChI is InChI=1S/C10H23N3O/c1-3-13-5-4-12(7-9(13)2)8-10(14)6-11/h9-10,14H,3-8,11H2,1-2H3. The van der Waals surface area contributed by atoms with Gasteiger partial charge in [-0.05, 0) is 13.5 Å². The molecular weight excluding hydrogens is 178 g/mol. The average Bonchev–Trinajstić information content (AvgIpc) is 2.18. The fourth-order valence-corrected chi connectivity index (χ4v) is 2.08. The summed E-state index contributed by atoms with van der Waals surface area (Å²) in [4.78, 5) is 4.76. The summed E-state index contributed by atoms with van der Waals surface area (Å²) in [5, 5.41) is 9.44. The minimum Gasteiger partial charge on any atom is -0.390 e. The number of likely N-dealkylation sites (N-methyl/N-ethyl adjacent to an activating group) is 1. The molecule has 0 spiro atoms. The predicted molar refractivity (Wildman–Crippen MR) is 58.2 cm³/mol. The number of hydrogen-bond acceptors (Lipinski definition) is 4. The van der Waals surface area contributed by atoms with Crippen molar-refractivity contribution in [1.82, 2.24) is 9.80 Å². The summed E-state index contributed by atoms with van der Waals surface area (Å²) in [5.74, 6) is 0. The Balaban J connectivity index is 2.31. The van der Waals surface area contributed by atoms with Crippen LogP contribution in [0.1, 0.15) is 13.8 Å². The average molecular weight is 201 g/mol. The summed E-state index contributed by atoms with van der Waals surface area (Å²) in [6.45, 7) is 9.84. The first-order valence-corrected chi connectivity index (χ1v) is 5.51. The molecule has 0 aromatic rings. The number of nitrogens with zero attached hydrogens (tertiary/aromatic N) is 2.